The first kappa shape index (κ1) is 10.8. The van der Waals surface area contributed by atoms with Gasteiger partial charge in [0.1, 0.15) is 5.54 Å². The molecule has 1 atom stereocenters. The molecule has 0 heterocycles. The Bertz CT molecular complexity index is 138. The van der Waals surface area contributed by atoms with Gasteiger partial charge in [0.2, 0.25) is 0 Å². The largest absolute Gasteiger partial charge is 0.313 e. The van der Waals surface area contributed by atoms with Crippen molar-refractivity contribution in [2.45, 2.75) is 32.2 Å². The van der Waals surface area contributed by atoms with Crippen molar-refractivity contribution in [2.24, 2.45) is 5.73 Å². The lowest BCUT2D eigenvalue weighted by Crippen LogP contribution is -2.36. The minimum Gasteiger partial charge on any atom is -0.313 e. The Hall–Kier alpha value is -0.200. The second-order valence-electron chi connectivity index (χ2n) is 2.94. The van der Waals surface area contributed by atoms with Crippen LogP contribution in [0.1, 0.15) is 26.7 Å². The van der Waals surface area contributed by atoms with Crippen molar-refractivity contribution in [3.63, 3.8) is 0 Å². The monoisotopic (exact) mass is 172 g/mol. The molecule has 2 nitrogen and oxygen atoms in total. The number of hydrogen-bond acceptors (Lipinski definition) is 3. The molecule has 0 spiro atoms. The lowest BCUT2D eigenvalue weighted by molar-refractivity contribution is 0.681. The first-order valence-electron chi connectivity index (χ1n) is 3.90. The summed E-state index contributed by atoms with van der Waals surface area (Å²) >= 11 is 1.76. The summed E-state index contributed by atoms with van der Waals surface area (Å²) in [5, 5.41) is 8.56. The van der Waals surface area contributed by atoms with Crippen molar-refractivity contribution in [3.8, 4) is 6.07 Å². The molecule has 3 heteroatoms. The molecule has 0 aliphatic rings. The lowest BCUT2D eigenvalue weighted by Gasteiger charge is -2.13. The van der Waals surface area contributed by atoms with Crippen molar-refractivity contribution in [2.75, 3.05) is 11.5 Å². The third kappa shape index (κ3) is 6.21. The van der Waals surface area contributed by atoms with E-state index in [4.69, 9.17) is 11.0 Å². The van der Waals surface area contributed by atoms with Crippen LogP contribution in [0.25, 0.3) is 0 Å². The van der Waals surface area contributed by atoms with Gasteiger partial charge >= 0.3 is 0 Å². The van der Waals surface area contributed by atoms with Gasteiger partial charge in [0.15, 0.2) is 0 Å². The number of nitrogens with zero attached hydrogens (tertiary/aromatic N) is 1. The number of nitrogens with two attached hydrogens (primary N) is 1. The number of unbranched alkanes of at least 4 members (excludes halogenated alkanes) is 1. The molecule has 0 aromatic carbocycles. The smallest absolute Gasteiger partial charge is 0.110 e. The van der Waals surface area contributed by atoms with E-state index in [0.717, 1.165) is 11.5 Å². The minimum atomic E-state index is -0.640. The Labute approximate surface area is 73.1 Å². The number of hydrogen-bond donors (Lipinski definition) is 1. The second kappa shape index (κ2) is 5.45. The Kier molecular flexibility index (Phi) is 5.35. The maximum absolute atomic E-state index is 8.56. The number of thioether (sulfide) groups is 1. The van der Waals surface area contributed by atoms with Crippen molar-refractivity contribution in [1.29, 1.82) is 5.26 Å². The molecule has 0 aromatic heterocycles. The fraction of sp³-hybridized carbons (Fsp3) is 0.875. The first-order valence-corrected chi connectivity index (χ1v) is 5.05. The molecule has 0 aliphatic carbocycles. The zero-order valence-corrected chi connectivity index (χ0v) is 8.08. The van der Waals surface area contributed by atoms with E-state index in [1.165, 1.54) is 12.8 Å². The molecule has 0 amide bonds. The van der Waals surface area contributed by atoms with Crippen LogP contribution in [0.5, 0.6) is 0 Å². The highest BCUT2D eigenvalue weighted by Gasteiger charge is 2.15. The van der Waals surface area contributed by atoms with Gasteiger partial charge in [-0.3, -0.25) is 0 Å². The minimum absolute atomic E-state index is 0.640. The summed E-state index contributed by atoms with van der Waals surface area (Å²) in [5.74, 6) is 1.86. The highest BCUT2D eigenvalue weighted by atomic mass is 32.2. The summed E-state index contributed by atoms with van der Waals surface area (Å²) < 4.78 is 0. The topological polar surface area (TPSA) is 49.8 Å². The highest BCUT2D eigenvalue weighted by molar-refractivity contribution is 7.99. The van der Waals surface area contributed by atoms with Gasteiger partial charge in [0, 0.05) is 5.75 Å². The maximum Gasteiger partial charge on any atom is 0.110 e. The van der Waals surface area contributed by atoms with Gasteiger partial charge in [-0.2, -0.15) is 17.0 Å². The molecule has 0 aliphatic heterocycles. The predicted octanol–water partition coefficient (Wildman–Crippen LogP) is 1.76. The van der Waals surface area contributed by atoms with Gasteiger partial charge < -0.3 is 5.73 Å². The quantitative estimate of drug-likeness (QED) is 0.643. The first-order chi connectivity index (χ1) is 5.12. The molecule has 0 aromatic rings. The maximum atomic E-state index is 8.56. The van der Waals surface area contributed by atoms with E-state index in [9.17, 15) is 0 Å². The standard InChI is InChI=1S/C8H16N2S/c1-3-4-5-11-7-8(2,10)6-9/h3-5,7,10H2,1-2H3. The van der Waals surface area contributed by atoms with Crippen molar-refractivity contribution in [1.82, 2.24) is 0 Å². The molecule has 0 radical (unpaired) electrons. The zero-order chi connectivity index (χ0) is 8.74. The van der Waals surface area contributed by atoms with Crippen LogP contribution >= 0.6 is 11.8 Å². The molecular formula is C8H16N2S. The SMILES string of the molecule is CCCCSCC(C)(N)C#N. The Morgan fingerprint density at radius 1 is 1.64 bits per heavy atom. The lowest BCUT2D eigenvalue weighted by atomic mass is 10.1. The van der Waals surface area contributed by atoms with Crippen LogP contribution in [-0.4, -0.2) is 17.0 Å². The molecule has 0 bridgehead atoms. The number of nitriles is 1. The third-order valence-electron chi connectivity index (χ3n) is 1.30. The average molecular weight is 172 g/mol. The van der Waals surface area contributed by atoms with Gasteiger partial charge in [-0.25, -0.2) is 0 Å². The van der Waals surface area contributed by atoms with Crippen LogP contribution in [0.2, 0.25) is 0 Å². The van der Waals surface area contributed by atoms with Crippen LogP contribution in [0.4, 0.5) is 0 Å². The normalized spacial score (nSPS) is 15.5. The fourth-order valence-corrected chi connectivity index (χ4v) is 1.69. The summed E-state index contributed by atoms with van der Waals surface area (Å²) in [6, 6.07) is 2.08. The van der Waals surface area contributed by atoms with Crippen molar-refractivity contribution in [3.05, 3.63) is 0 Å². The van der Waals surface area contributed by atoms with Crippen LogP contribution in [0.3, 0.4) is 0 Å². The van der Waals surface area contributed by atoms with Crippen LogP contribution in [0, 0.1) is 11.3 Å². The molecule has 0 fully saturated rings. The van der Waals surface area contributed by atoms with Gasteiger partial charge in [-0.15, -0.1) is 0 Å². The Balaban J connectivity index is 3.32. The molecule has 0 rings (SSSR count). The van der Waals surface area contributed by atoms with Crippen LogP contribution in [-0.2, 0) is 0 Å². The third-order valence-corrected chi connectivity index (χ3v) is 2.68. The van der Waals surface area contributed by atoms with Gasteiger partial charge in [0.25, 0.3) is 0 Å². The van der Waals surface area contributed by atoms with E-state index in [1.54, 1.807) is 18.7 Å². The van der Waals surface area contributed by atoms with Crippen molar-refractivity contribution < 1.29 is 0 Å². The second-order valence-corrected chi connectivity index (χ2v) is 4.04. The molecule has 0 saturated carbocycles. The molecule has 0 saturated heterocycles. The summed E-state index contributed by atoms with van der Waals surface area (Å²) in [5.41, 5.74) is 4.98. The molecule has 1 unspecified atom stereocenters. The van der Waals surface area contributed by atoms with Gasteiger partial charge in [-0.05, 0) is 19.1 Å². The van der Waals surface area contributed by atoms with E-state index in [-0.39, 0.29) is 0 Å². The van der Waals surface area contributed by atoms with E-state index >= 15 is 0 Å². The summed E-state index contributed by atoms with van der Waals surface area (Å²) in [6.45, 7) is 3.93. The van der Waals surface area contributed by atoms with Crippen molar-refractivity contribution >= 4 is 11.8 Å². The Morgan fingerprint density at radius 2 is 2.27 bits per heavy atom. The van der Waals surface area contributed by atoms with Crippen LogP contribution in [0.15, 0.2) is 0 Å². The van der Waals surface area contributed by atoms with E-state index < -0.39 is 5.54 Å². The van der Waals surface area contributed by atoms with Gasteiger partial charge in [0.05, 0.1) is 6.07 Å². The Morgan fingerprint density at radius 3 is 2.73 bits per heavy atom. The predicted molar refractivity (Wildman–Crippen MR) is 50.4 cm³/mol. The molecule has 11 heavy (non-hydrogen) atoms. The fourth-order valence-electron chi connectivity index (χ4n) is 0.563. The number of rotatable bonds is 5. The van der Waals surface area contributed by atoms with Crippen LogP contribution < -0.4 is 5.73 Å². The van der Waals surface area contributed by atoms with E-state index in [0.29, 0.717) is 0 Å². The van der Waals surface area contributed by atoms with E-state index in [1.807, 2.05) is 0 Å². The zero-order valence-electron chi connectivity index (χ0n) is 7.26. The molecular weight excluding hydrogens is 156 g/mol. The van der Waals surface area contributed by atoms with Gasteiger partial charge in [-0.1, -0.05) is 13.3 Å². The average Bonchev–Trinajstić information content (AvgIpc) is 1.99. The summed E-state index contributed by atoms with van der Waals surface area (Å²) in [6.07, 6.45) is 2.42. The van der Waals surface area contributed by atoms with E-state index in [2.05, 4.69) is 13.0 Å². The highest BCUT2D eigenvalue weighted by Crippen LogP contribution is 2.11. The molecule has 64 valence electrons. The molecule has 2 N–H and O–H groups in total. The summed E-state index contributed by atoms with van der Waals surface area (Å²) in [4.78, 5) is 0. The summed E-state index contributed by atoms with van der Waals surface area (Å²) in [7, 11) is 0.